The largest absolute Gasteiger partial charge is 0.480 e. The topological polar surface area (TPSA) is 86.7 Å². The normalized spacial score (nSPS) is 12.6. The highest BCUT2D eigenvalue weighted by molar-refractivity contribution is 8.14. The van der Waals surface area contributed by atoms with Crippen molar-refractivity contribution in [3.8, 4) is 0 Å². The third-order valence-corrected chi connectivity index (χ3v) is 8.15. The van der Waals surface area contributed by atoms with Crippen LogP contribution in [0.15, 0.2) is 54.6 Å². The van der Waals surface area contributed by atoms with Crippen LogP contribution in [0.2, 0.25) is 0 Å². The number of rotatable bonds is 11. The van der Waals surface area contributed by atoms with Crippen molar-refractivity contribution in [2.45, 2.75) is 52.0 Å². The highest BCUT2D eigenvalue weighted by Crippen LogP contribution is 2.26. The molecule has 0 aliphatic carbocycles. The van der Waals surface area contributed by atoms with E-state index >= 15 is 0 Å². The molecule has 0 radical (unpaired) electrons. The molecule has 1 atom stereocenters. The number of benzene rings is 2. The van der Waals surface area contributed by atoms with Crippen LogP contribution in [-0.2, 0) is 15.3 Å². The molecule has 2 aromatic carbocycles. The lowest BCUT2D eigenvalue weighted by atomic mass is 9.95. The number of carboxylic acid groups (broad SMARTS) is 1. The molecule has 0 aliphatic heterocycles. The van der Waals surface area contributed by atoms with Crippen LogP contribution in [-0.4, -0.2) is 52.2 Å². The lowest BCUT2D eigenvalue weighted by Gasteiger charge is -2.34. The molecule has 0 aliphatic rings. The molecular formula is C27H36N2O4S2. The molecule has 6 nitrogen and oxygen atoms in total. The molecule has 2 N–H and O–H groups in total. The smallest absolute Gasteiger partial charge is 0.327 e. The Morgan fingerprint density at radius 1 is 0.971 bits per heavy atom. The van der Waals surface area contributed by atoms with Crippen molar-refractivity contribution in [2.24, 2.45) is 5.41 Å². The summed E-state index contributed by atoms with van der Waals surface area (Å²) in [5.41, 5.74) is 1.90. The number of hydrogen-bond acceptors (Lipinski definition) is 6. The zero-order chi connectivity index (χ0) is 26.2. The van der Waals surface area contributed by atoms with E-state index in [1.54, 1.807) is 38.1 Å². The second kappa shape index (κ2) is 12.5. The Morgan fingerprint density at radius 3 is 2.11 bits per heavy atom. The van der Waals surface area contributed by atoms with Gasteiger partial charge in [0.2, 0.25) is 11.0 Å². The zero-order valence-electron chi connectivity index (χ0n) is 21.3. The van der Waals surface area contributed by atoms with Crippen LogP contribution in [0.3, 0.4) is 0 Å². The summed E-state index contributed by atoms with van der Waals surface area (Å²) in [5, 5.41) is 12.2. The second-order valence-electron chi connectivity index (χ2n) is 10.1. The third kappa shape index (κ3) is 8.93. The van der Waals surface area contributed by atoms with E-state index < -0.39 is 17.4 Å². The molecule has 0 saturated carbocycles. The Hall–Kier alpha value is -2.45. The van der Waals surface area contributed by atoms with E-state index in [9.17, 15) is 19.5 Å². The summed E-state index contributed by atoms with van der Waals surface area (Å²) in [6, 6.07) is 16.1. The molecule has 0 bridgehead atoms. The van der Waals surface area contributed by atoms with Gasteiger partial charge in [-0.2, -0.15) is 11.8 Å². The minimum atomic E-state index is -1.07. The molecule has 0 aromatic heterocycles. The first-order chi connectivity index (χ1) is 16.3. The average molecular weight is 517 g/mol. The molecule has 1 amide bonds. The minimum absolute atomic E-state index is 0.0182. The number of nitrogens with one attached hydrogen (secondary N) is 1. The number of nitrogens with zero attached hydrogens (tertiary/aromatic N) is 1. The van der Waals surface area contributed by atoms with Crippen LogP contribution in [0.25, 0.3) is 0 Å². The molecular weight excluding hydrogens is 480 g/mol. The van der Waals surface area contributed by atoms with Crippen molar-refractivity contribution >= 4 is 46.2 Å². The fourth-order valence-electron chi connectivity index (χ4n) is 3.00. The molecule has 0 spiro atoms. The van der Waals surface area contributed by atoms with Crippen LogP contribution in [0.4, 0.5) is 5.69 Å². The molecule has 0 heterocycles. The number of aliphatic carboxylic acids is 1. The SMILES string of the molecule is CN(c1ccc(CSC[C@H](NC(=O)C(C)(C)CSC(=O)c2ccccc2)C(=O)O)cc1)C(C)(C)C. The summed E-state index contributed by atoms with van der Waals surface area (Å²) in [5.74, 6) is -0.312. The van der Waals surface area contributed by atoms with E-state index in [4.69, 9.17) is 0 Å². The molecule has 35 heavy (non-hydrogen) atoms. The molecule has 0 fully saturated rings. The monoisotopic (exact) mass is 516 g/mol. The van der Waals surface area contributed by atoms with Gasteiger partial charge in [0.1, 0.15) is 6.04 Å². The first kappa shape index (κ1) is 28.8. The second-order valence-corrected chi connectivity index (χ2v) is 12.1. The molecule has 0 saturated heterocycles. The first-order valence-electron chi connectivity index (χ1n) is 11.5. The van der Waals surface area contributed by atoms with Gasteiger partial charge in [-0.05, 0) is 38.5 Å². The summed E-state index contributed by atoms with van der Waals surface area (Å²) in [4.78, 5) is 39.2. The lowest BCUT2D eigenvalue weighted by molar-refractivity contribution is -0.142. The summed E-state index contributed by atoms with van der Waals surface area (Å²) in [6.45, 7) is 9.89. The van der Waals surface area contributed by atoms with E-state index in [0.29, 0.717) is 11.3 Å². The van der Waals surface area contributed by atoms with Crippen molar-refractivity contribution in [3.05, 3.63) is 65.7 Å². The fraction of sp³-hybridized carbons (Fsp3) is 0.444. The number of carbonyl (C=O) groups is 3. The molecule has 8 heteroatoms. The fourth-order valence-corrected chi connectivity index (χ4v) is 4.93. The number of anilines is 1. The number of carbonyl (C=O) groups excluding carboxylic acids is 2. The molecule has 0 unspecified atom stereocenters. The van der Waals surface area contributed by atoms with E-state index in [0.717, 1.165) is 23.0 Å². The number of amides is 1. The quantitative estimate of drug-likeness (QED) is 0.418. The summed E-state index contributed by atoms with van der Waals surface area (Å²) >= 11 is 2.53. The average Bonchev–Trinajstić information content (AvgIpc) is 2.81. The van der Waals surface area contributed by atoms with Crippen LogP contribution < -0.4 is 10.2 Å². The predicted octanol–water partition coefficient (Wildman–Crippen LogP) is 5.32. The number of carboxylic acids is 1. The van der Waals surface area contributed by atoms with E-state index in [1.807, 2.05) is 18.2 Å². The molecule has 2 aromatic rings. The summed E-state index contributed by atoms with van der Waals surface area (Å²) in [6.07, 6.45) is 0. The van der Waals surface area contributed by atoms with Gasteiger partial charge in [0, 0.05) is 41.1 Å². The van der Waals surface area contributed by atoms with Crippen molar-refractivity contribution < 1.29 is 19.5 Å². The van der Waals surface area contributed by atoms with Gasteiger partial charge in [-0.1, -0.05) is 68.1 Å². The highest BCUT2D eigenvalue weighted by Gasteiger charge is 2.32. The van der Waals surface area contributed by atoms with Gasteiger partial charge in [0.15, 0.2) is 0 Å². The molecule has 2 rings (SSSR count). The van der Waals surface area contributed by atoms with Crippen LogP contribution in [0.5, 0.6) is 0 Å². The summed E-state index contributed by atoms with van der Waals surface area (Å²) < 4.78 is 0. The lowest BCUT2D eigenvalue weighted by Crippen LogP contribution is -2.48. The van der Waals surface area contributed by atoms with Gasteiger partial charge in [0.05, 0.1) is 5.41 Å². The highest BCUT2D eigenvalue weighted by atomic mass is 32.2. The van der Waals surface area contributed by atoms with E-state index in [1.165, 1.54) is 11.8 Å². The van der Waals surface area contributed by atoms with Crippen LogP contribution >= 0.6 is 23.5 Å². The maximum absolute atomic E-state index is 12.8. The first-order valence-corrected chi connectivity index (χ1v) is 13.6. The Morgan fingerprint density at radius 2 is 1.57 bits per heavy atom. The Balaban J connectivity index is 1.87. The predicted molar refractivity (Wildman–Crippen MR) is 147 cm³/mol. The standard InChI is InChI=1S/C27H36N2O4S2/c1-26(2,3)29(6)21-14-12-19(13-15-21)16-34-17-22(23(30)31)28-25(33)27(4,5)18-35-24(32)20-10-8-7-9-11-20/h7-15,22H,16-18H2,1-6H3,(H,28,33)(H,30,31)/t22-/m0/s1. The number of hydrogen-bond donors (Lipinski definition) is 2. The Bertz CT molecular complexity index is 1000. The number of thioether (sulfide) groups is 2. The van der Waals surface area contributed by atoms with Crippen LogP contribution in [0, 0.1) is 5.41 Å². The van der Waals surface area contributed by atoms with Gasteiger partial charge in [0.25, 0.3) is 0 Å². The van der Waals surface area contributed by atoms with E-state index in [-0.39, 0.29) is 28.1 Å². The van der Waals surface area contributed by atoms with Gasteiger partial charge in [-0.3, -0.25) is 9.59 Å². The Kier molecular flexibility index (Phi) is 10.3. The van der Waals surface area contributed by atoms with Gasteiger partial charge in [-0.25, -0.2) is 4.79 Å². The van der Waals surface area contributed by atoms with Crippen LogP contribution in [0.1, 0.15) is 50.5 Å². The van der Waals surface area contributed by atoms with Crippen molar-refractivity contribution in [1.82, 2.24) is 5.32 Å². The Labute approximate surface area is 217 Å². The van der Waals surface area contributed by atoms with Gasteiger partial charge in [-0.15, -0.1) is 0 Å². The van der Waals surface area contributed by atoms with E-state index in [2.05, 4.69) is 50.2 Å². The maximum atomic E-state index is 12.8. The van der Waals surface area contributed by atoms with Crippen molar-refractivity contribution in [2.75, 3.05) is 23.5 Å². The minimum Gasteiger partial charge on any atom is -0.480 e. The van der Waals surface area contributed by atoms with Crippen molar-refractivity contribution in [3.63, 3.8) is 0 Å². The van der Waals surface area contributed by atoms with Crippen molar-refractivity contribution in [1.29, 1.82) is 0 Å². The van der Waals surface area contributed by atoms with Gasteiger partial charge < -0.3 is 15.3 Å². The van der Waals surface area contributed by atoms with Gasteiger partial charge >= 0.3 is 5.97 Å². The summed E-state index contributed by atoms with van der Waals surface area (Å²) in [7, 11) is 2.06. The maximum Gasteiger partial charge on any atom is 0.327 e. The third-order valence-electron chi connectivity index (χ3n) is 5.67. The molecule has 190 valence electrons. The zero-order valence-corrected chi connectivity index (χ0v) is 23.0.